The van der Waals surface area contributed by atoms with Crippen LogP contribution in [-0.4, -0.2) is 16.0 Å². The van der Waals surface area contributed by atoms with Crippen molar-refractivity contribution in [3.8, 4) is 0 Å². The monoisotopic (exact) mass is 361 g/mol. The number of aryl methyl sites for hydroxylation is 3. The number of rotatable bonds is 7. The minimum atomic E-state index is -0.0979. The highest BCUT2D eigenvalue weighted by atomic mass is 32.1. The lowest BCUT2D eigenvalue weighted by atomic mass is 10.1. The molecule has 3 heterocycles. The van der Waals surface area contributed by atoms with Crippen LogP contribution in [0.2, 0.25) is 0 Å². The smallest absolute Gasteiger partial charge is 0.221 e. The van der Waals surface area contributed by atoms with Crippen molar-refractivity contribution < 1.29 is 9.32 Å². The van der Waals surface area contributed by atoms with Gasteiger partial charge in [0.25, 0.3) is 0 Å². The fraction of sp³-hybridized carbons (Fsp3) is 0.353. The van der Waals surface area contributed by atoms with Crippen LogP contribution >= 0.6 is 22.7 Å². The molecule has 0 radical (unpaired) electrons. The van der Waals surface area contributed by atoms with Crippen LogP contribution in [0.4, 0.5) is 0 Å². The van der Waals surface area contributed by atoms with E-state index < -0.39 is 0 Å². The number of nitrogens with one attached hydrogen (secondary N) is 1. The van der Waals surface area contributed by atoms with Crippen LogP contribution in [0.1, 0.15) is 39.4 Å². The summed E-state index contributed by atoms with van der Waals surface area (Å²) in [5.74, 6) is 0.720. The van der Waals surface area contributed by atoms with Crippen LogP contribution in [0.5, 0.6) is 0 Å². The van der Waals surface area contributed by atoms with Gasteiger partial charge in [0.2, 0.25) is 5.91 Å². The predicted molar refractivity (Wildman–Crippen MR) is 95.3 cm³/mol. The third-order valence-corrected chi connectivity index (χ3v) is 5.71. The van der Waals surface area contributed by atoms with E-state index in [0.29, 0.717) is 12.8 Å². The summed E-state index contributed by atoms with van der Waals surface area (Å²) in [6.45, 7) is 4.06. The van der Waals surface area contributed by atoms with Gasteiger partial charge in [-0.25, -0.2) is 4.98 Å². The molecule has 0 aliphatic carbocycles. The van der Waals surface area contributed by atoms with Gasteiger partial charge in [0, 0.05) is 30.2 Å². The molecule has 3 rings (SSSR count). The Bertz CT molecular complexity index is 759. The summed E-state index contributed by atoms with van der Waals surface area (Å²) in [6, 6.07) is 3.77. The van der Waals surface area contributed by atoms with Crippen molar-refractivity contribution in [2.24, 2.45) is 0 Å². The molecule has 0 spiro atoms. The van der Waals surface area contributed by atoms with E-state index in [1.54, 1.807) is 34.9 Å². The number of hydrogen-bond donors (Lipinski definition) is 1. The Labute approximate surface area is 148 Å². The first-order valence-electron chi connectivity index (χ1n) is 7.75. The largest absolute Gasteiger partial charge is 0.361 e. The molecular weight excluding hydrogens is 342 g/mol. The first-order chi connectivity index (χ1) is 11.6. The van der Waals surface area contributed by atoms with Gasteiger partial charge in [0.05, 0.1) is 17.9 Å². The van der Waals surface area contributed by atoms with E-state index in [2.05, 4.69) is 39.2 Å². The molecule has 3 aromatic heterocycles. The van der Waals surface area contributed by atoms with Crippen molar-refractivity contribution in [3.63, 3.8) is 0 Å². The molecule has 7 heteroatoms. The minimum Gasteiger partial charge on any atom is -0.361 e. The lowest BCUT2D eigenvalue weighted by Gasteiger charge is -2.16. The molecular formula is C17H19N3O2S2. The van der Waals surface area contributed by atoms with Gasteiger partial charge >= 0.3 is 0 Å². The molecule has 0 fully saturated rings. The van der Waals surface area contributed by atoms with Crippen molar-refractivity contribution >= 4 is 28.6 Å². The molecule has 1 amide bonds. The van der Waals surface area contributed by atoms with E-state index in [4.69, 9.17) is 4.52 Å². The fourth-order valence-corrected chi connectivity index (χ4v) is 4.02. The highest BCUT2D eigenvalue weighted by Gasteiger charge is 2.20. The maximum absolute atomic E-state index is 12.3. The second kappa shape index (κ2) is 7.72. The Hall–Kier alpha value is -1.99. The summed E-state index contributed by atoms with van der Waals surface area (Å²) >= 11 is 3.31. The van der Waals surface area contributed by atoms with Crippen LogP contribution in [0.3, 0.4) is 0 Å². The summed E-state index contributed by atoms with van der Waals surface area (Å²) in [6.07, 6.45) is 3.27. The quantitative estimate of drug-likeness (QED) is 0.694. The van der Waals surface area contributed by atoms with E-state index in [-0.39, 0.29) is 11.9 Å². The second-order valence-corrected chi connectivity index (χ2v) is 7.64. The Morgan fingerprint density at radius 1 is 1.38 bits per heavy atom. The van der Waals surface area contributed by atoms with Crippen molar-refractivity contribution in [3.05, 3.63) is 56.0 Å². The Kier molecular flexibility index (Phi) is 5.42. The first kappa shape index (κ1) is 16.9. The summed E-state index contributed by atoms with van der Waals surface area (Å²) in [5, 5.41) is 11.9. The molecule has 0 saturated carbocycles. The number of aromatic nitrogens is 2. The van der Waals surface area contributed by atoms with Gasteiger partial charge in [0.1, 0.15) is 10.8 Å². The first-order valence-corrected chi connectivity index (χ1v) is 9.51. The second-order valence-electron chi connectivity index (χ2n) is 5.63. The van der Waals surface area contributed by atoms with Crippen LogP contribution in [-0.2, 0) is 17.6 Å². The van der Waals surface area contributed by atoms with Crippen molar-refractivity contribution in [1.82, 2.24) is 15.5 Å². The zero-order valence-electron chi connectivity index (χ0n) is 13.6. The molecule has 0 bridgehead atoms. The molecule has 126 valence electrons. The minimum absolute atomic E-state index is 0.00265. The molecule has 3 aromatic rings. The number of carbonyl (C=O) groups excluding carboxylic acids is 1. The van der Waals surface area contributed by atoms with E-state index in [9.17, 15) is 4.79 Å². The molecule has 0 aromatic carbocycles. The summed E-state index contributed by atoms with van der Waals surface area (Å²) in [7, 11) is 0. The van der Waals surface area contributed by atoms with E-state index in [1.165, 1.54) is 10.4 Å². The van der Waals surface area contributed by atoms with Crippen molar-refractivity contribution in [2.45, 2.75) is 39.2 Å². The highest BCUT2D eigenvalue weighted by Crippen LogP contribution is 2.26. The van der Waals surface area contributed by atoms with Crippen LogP contribution in [0.25, 0.3) is 0 Å². The molecule has 1 N–H and O–H groups in total. The zero-order valence-corrected chi connectivity index (χ0v) is 15.2. The Morgan fingerprint density at radius 3 is 2.88 bits per heavy atom. The predicted octanol–water partition coefficient (Wildman–Crippen LogP) is 3.84. The average Bonchev–Trinajstić information content (AvgIpc) is 3.29. The molecule has 5 nitrogen and oxygen atoms in total. The highest BCUT2D eigenvalue weighted by molar-refractivity contribution is 7.11. The lowest BCUT2D eigenvalue weighted by Crippen LogP contribution is -2.30. The van der Waals surface area contributed by atoms with E-state index in [1.807, 2.05) is 6.92 Å². The van der Waals surface area contributed by atoms with Crippen LogP contribution in [0.15, 0.2) is 33.6 Å². The molecule has 0 aliphatic rings. The van der Waals surface area contributed by atoms with E-state index >= 15 is 0 Å². The number of thiazole rings is 1. The third-order valence-electron chi connectivity index (χ3n) is 3.79. The van der Waals surface area contributed by atoms with Gasteiger partial charge in [-0.3, -0.25) is 4.79 Å². The van der Waals surface area contributed by atoms with Gasteiger partial charge in [-0.1, -0.05) is 5.16 Å². The molecule has 0 saturated heterocycles. The van der Waals surface area contributed by atoms with E-state index in [0.717, 1.165) is 22.9 Å². The Balaban J connectivity index is 1.68. The summed E-state index contributed by atoms with van der Waals surface area (Å²) in [4.78, 5) is 18.2. The maximum atomic E-state index is 12.3. The zero-order chi connectivity index (χ0) is 16.9. The number of thiophene rings is 1. The normalized spacial score (nSPS) is 12.2. The SMILES string of the molecule is Cc1nc([C@H](Cc2ccsc2)NC(=O)CCc2ccno2)sc1C. The number of nitrogens with zero attached hydrogens (tertiary/aromatic N) is 2. The molecule has 0 aliphatic heterocycles. The van der Waals surface area contributed by atoms with Gasteiger partial charge in [0.15, 0.2) is 0 Å². The summed E-state index contributed by atoms with van der Waals surface area (Å²) in [5.41, 5.74) is 2.24. The number of carbonyl (C=O) groups is 1. The fourth-order valence-electron chi connectivity index (χ4n) is 2.37. The standard InChI is InChI=1S/C17H19N3O2S2/c1-11-12(2)24-17(19-11)15(9-13-6-8-23-10-13)20-16(21)4-3-14-5-7-18-22-14/h5-8,10,15H,3-4,9H2,1-2H3,(H,20,21)/t15-/m0/s1. The third kappa shape index (κ3) is 4.30. The number of amides is 1. The topological polar surface area (TPSA) is 68.0 Å². The lowest BCUT2D eigenvalue weighted by molar-refractivity contribution is -0.121. The van der Waals surface area contributed by atoms with Crippen molar-refractivity contribution in [1.29, 1.82) is 0 Å². The van der Waals surface area contributed by atoms with Crippen molar-refractivity contribution in [2.75, 3.05) is 0 Å². The maximum Gasteiger partial charge on any atom is 0.221 e. The van der Waals surface area contributed by atoms with Crippen LogP contribution in [0, 0.1) is 13.8 Å². The molecule has 0 unspecified atom stereocenters. The Morgan fingerprint density at radius 2 is 2.25 bits per heavy atom. The average molecular weight is 361 g/mol. The van der Waals surface area contributed by atoms with Gasteiger partial charge < -0.3 is 9.84 Å². The van der Waals surface area contributed by atoms with Gasteiger partial charge in [-0.15, -0.1) is 11.3 Å². The summed E-state index contributed by atoms with van der Waals surface area (Å²) < 4.78 is 5.04. The molecule has 1 atom stereocenters. The number of hydrogen-bond acceptors (Lipinski definition) is 6. The van der Waals surface area contributed by atoms with Gasteiger partial charge in [-0.05, 0) is 36.2 Å². The molecule has 24 heavy (non-hydrogen) atoms. The van der Waals surface area contributed by atoms with Crippen LogP contribution < -0.4 is 5.32 Å². The van der Waals surface area contributed by atoms with Gasteiger partial charge in [-0.2, -0.15) is 11.3 Å².